The second-order valence-electron chi connectivity index (χ2n) is 4.27. The first-order valence-corrected chi connectivity index (χ1v) is 5.98. The van der Waals surface area contributed by atoms with Gasteiger partial charge >= 0.3 is 6.09 Å². The van der Waals surface area contributed by atoms with E-state index in [0.29, 0.717) is 0 Å². The molecule has 2 amide bonds. The molecule has 0 radical (unpaired) electrons. The largest absolute Gasteiger partial charge is 0.445 e. The quantitative estimate of drug-likeness (QED) is 0.826. The highest BCUT2D eigenvalue weighted by Gasteiger charge is 2.46. The smallest absolute Gasteiger partial charge is 0.408 e. The summed E-state index contributed by atoms with van der Waals surface area (Å²) >= 11 is 0. The fourth-order valence-corrected chi connectivity index (χ4v) is 1.93. The van der Waals surface area contributed by atoms with Gasteiger partial charge in [0.15, 0.2) is 0 Å². The Labute approximate surface area is 111 Å². The van der Waals surface area contributed by atoms with Crippen molar-refractivity contribution >= 4 is 12.0 Å². The van der Waals surface area contributed by atoms with Crippen molar-refractivity contribution in [2.75, 3.05) is 7.11 Å². The zero-order chi connectivity index (χ0) is 13.8. The van der Waals surface area contributed by atoms with Crippen molar-refractivity contribution in [1.29, 1.82) is 0 Å². The summed E-state index contributed by atoms with van der Waals surface area (Å²) in [6.07, 6.45) is -0.607. The molecule has 0 saturated carbocycles. The summed E-state index contributed by atoms with van der Waals surface area (Å²) in [5.41, 5.74) is 0.893. The normalized spacial score (nSPS) is 21.8. The van der Waals surface area contributed by atoms with Gasteiger partial charge < -0.3 is 10.1 Å². The Balaban J connectivity index is 1.78. The Morgan fingerprint density at radius 2 is 2.05 bits per heavy atom. The first-order chi connectivity index (χ1) is 9.13. The van der Waals surface area contributed by atoms with Gasteiger partial charge in [-0.2, -0.15) is 0 Å². The lowest BCUT2D eigenvalue weighted by Crippen LogP contribution is -2.69. The van der Waals surface area contributed by atoms with Gasteiger partial charge in [0.2, 0.25) is 0 Å². The standard InChI is InChI=1S/C13H16N2O4/c1-9-11(12(16)15(9)18-2)14-13(17)19-8-10-6-4-3-5-7-10/h3-7,9,11H,8H2,1-2H3,(H,14,17)/t9-,11+/m0/s1. The van der Waals surface area contributed by atoms with Gasteiger partial charge in [-0.15, -0.1) is 0 Å². The van der Waals surface area contributed by atoms with Crippen LogP contribution in [0.1, 0.15) is 12.5 Å². The maximum atomic E-state index is 11.6. The maximum Gasteiger partial charge on any atom is 0.408 e. The number of benzene rings is 1. The third kappa shape index (κ3) is 2.85. The van der Waals surface area contributed by atoms with E-state index in [-0.39, 0.29) is 18.6 Å². The molecular formula is C13H16N2O4. The Kier molecular flexibility index (Phi) is 4.01. The molecule has 102 valence electrons. The second kappa shape index (κ2) is 5.71. The van der Waals surface area contributed by atoms with Gasteiger partial charge in [-0.25, -0.2) is 9.86 Å². The van der Waals surface area contributed by atoms with Gasteiger partial charge in [-0.1, -0.05) is 30.3 Å². The fourth-order valence-electron chi connectivity index (χ4n) is 1.93. The second-order valence-corrected chi connectivity index (χ2v) is 4.27. The summed E-state index contributed by atoms with van der Waals surface area (Å²) in [7, 11) is 1.42. The molecule has 2 rings (SSSR count). The number of hydroxylamine groups is 2. The summed E-state index contributed by atoms with van der Waals surface area (Å²) in [6, 6.07) is 8.56. The zero-order valence-electron chi connectivity index (χ0n) is 10.8. The van der Waals surface area contributed by atoms with Crippen molar-refractivity contribution in [1.82, 2.24) is 10.4 Å². The van der Waals surface area contributed by atoms with Crippen LogP contribution >= 0.6 is 0 Å². The van der Waals surface area contributed by atoms with Crippen LogP contribution in [0.25, 0.3) is 0 Å². The topological polar surface area (TPSA) is 67.9 Å². The van der Waals surface area contributed by atoms with Crippen molar-refractivity contribution in [2.24, 2.45) is 0 Å². The fraction of sp³-hybridized carbons (Fsp3) is 0.385. The molecule has 1 fully saturated rings. The number of β-lactam (4-membered cyclic amide) rings is 1. The Hall–Kier alpha value is -2.08. The molecule has 0 aliphatic carbocycles. The summed E-state index contributed by atoms with van der Waals surface area (Å²) in [5.74, 6) is -0.272. The predicted octanol–water partition coefficient (Wildman–Crippen LogP) is 1.07. The van der Waals surface area contributed by atoms with Crippen molar-refractivity contribution in [2.45, 2.75) is 25.6 Å². The van der Waals surface area contributed by atoms with E-state index in [0.717, 1.165) is 5.56 Å². The van der Waals surface area contributed by atoms with Gasteiger partial charge in [-0.05, 0) is 12.5 Å². The molecule has 1 heterocycles. The molecular weight excluding hydrogens is 248 g/mol. The van der Waals surface area contributed by atoms with Crippen LogP contribution in [0, 0.1) is 0 Å². The summed E-state index contributed by atoms with van der Waals surface area (Å²) in [5, 5.41) is 3.73. The lowest BCUT2D eigenvalue weighted by Gasteiger charge is -2.42. The van der Waals surface area contributed by atoms with Crippen molar-refractivity contribution < 1.29 is 19.2 Å². The van der Waals surface area contributed by atoms with Crippen LogP contribution in [0.15, 0.2) is 30.3 Å². The van der Waals surface area contributed by atoms with Crippen molar-refractivity contribution in [3.63, 3.8) is 0 Å². The van der Waals surface area contributed by atoms with Crippen LogP contribution < -0.4 is 5.32 Å². The molecule has 0 unspecified atom stereocenters. The summed E-state index contributed by atoms with van der Waals surface area (Å²) in [4.78, 5) is 27.9. The van der Waals surface area contributed by atoms with E-state index in [9.17, 15) is 9.59 Å². The van der Waals surface area contributed by atoms with E-state index in [4.69, 9.17) is 9.57 Å². The number of rotatable bonds is 4. The molecule has 6 nitrogen and oxygen atoms in total. The molecule has 2 atom stereocenters. The summed E-state index contributed by atoms with van der Waals surface area (Å²) < 4.78 is 5.04. The highest BCUT2D eigenvalue weighted by Crippen LogP contribution is 2.19. The molecule has 6 heteroatoms. The third-order valence-corrected chi connectivity index (χ3v) is 3.02. The van der Waals surface area contributed by atoms with E-state index in [2.05, 4.69) is 5.32 Å². The average Bonchev–Trinajstić information content (AvgIpc) is 2.44. The van der Waals surface area contributed by atoms with E-state index in [1.807, 2.05) is 30.3 Å². The van der Waals surface area contributed by atoms with Crippen LogP contribution in [0.3, 0.4) is 0 Å². The monoisotopic (exact) mass is 264 g/mol. The minimum absolute atomic E-state index is 0.177. The number of hydrogen-bond donors (Lipinski definition) is 1. The molecule has 1 aliphatic heterocycles. The lowest BCUT2D eigenvalue weighted by molar-refractivity contribution is -0.219. The number of nitrogens with one attached hydrogen (secondary N) is 1. The first-order valence-electron chi connectivity index (χ1n) is 5.98. The van der Waals surface area contributed by atoms with E-state index in [1.165, 1.54) is 12.2 Å². The van der Waals surface area contributed by atoms with Crippen LogP contribution in [-0.4, -0.2) is 36.3 Å². The molecule has 0 bridgehead atoms. The Bertz CT molecular complexity index is 463. The number of nitrogens with zero attached hydrogens (tertiary/aromatic N) is 1. The Morgan fingerprint density at radius 3 is 2.63 bits per heavy atom. The van der Waals surface area contributed by atoms with Gasteiger partial charge in [-0.3, -0.25) is 9.63 Å². The van der Waals surface area contributed by atoms with Gasteiger partial charge in [0.05, 0.1) is 13.2 Å². The SMILES string of the molecule is CON1C(=O)[C@H](NC(=O)OCc2ccccc2)[C@@H]1C. The number of amides is 2. The van der Waals surface area contributed by atoms with Crippen LogP contribution in [0.2, 0.25) is 0 Å². The first kappa shape index (κ1) is 13.4. The highest BCUT2D eigenvalue weighted by atomic mass is 16.7. The lowest BCUT2D eigenvalue weighted by atomic mass is 10.0. The van der Waals surface area contributed by atoms with Crippen LogP contribution in [0.5, 0.6) is 0 Å². The van der Waals surface area contributed by atoms with Crippen LogP contribution in [-0.2, 0) is 21.0 Å². The average molecular weight is 264 g/mol. The molecule has 1 aliphatic rings. The van der Waals surface area contributed by atoms with Gasteiger partial charge in [0, 0.05) is 0 Å². The van der Waals surface area contributed by atoms with Gasteiger partial charge in [0.25, 0.3) is 5.91 Å². The molecule has 1 saturated heterocycles. The van der Waals surface area contributed by atoms with Crippen LogP contribution in [0.4, 0.5) is 4.79 Å². The number of carbonyl (C=O) groups is 2. The van der Waals surface area contributed by atoms with E-state index in [1.54, 1.807) is 6.92 Å². The highest BCUT2D eigenvalue weighted by molar-refractivity contribution is 5.91. The van der Waals surface area contributed by atoms with E-state index < -0.39 is 12.1 Å². The zero-order valence-corrected chi connectivity index (χ0v) is 10.8. The van der Waals surface area contributed by atoms with Gasteiger partial charge in [0.1, 0.15) is 12.6 Å². The molecule has 0 spiro atoms. The van der Waals surface area contributed by atoms with E-state index >= 15 is 0 Å². The molecule has 1 aromatic rings. The molecule has 0 aromatic heterocycles. The summed E-state index contributed by atoms with van der Waals surface area (Å²) in [6.45, 7) is 1.96. The predicted molar refractivity (Wildman–Crippen MR) is 66.9 cm³/mol. The minimum Gasteiger partial charge on any atom is -0.445 e. The third-order valence-electron chi connectivity index (χ3n) is 3.02. The Morgan fingerprint density at radius 1 is 1.37 bits per heavy atom. The maximum absolute atomic E-state index is 11.6. The number of alkyl carbamates (subject to hydrolysis) is 1. The number of hydrogen-bond acceptors (Lipinski definition) is 4. The van der Waals surface area contributed by atoms with Crippen molar-refractivity contribution in [3.05, 3.63) is 35.9 Å². The number of carbonyl (C=O) groups excluding carboxylic acids is 2. The van der Waals surface area contributed by atoms with Crippen molar-refractivity contribution in [3.8, 4) is 0 Å². The molecule has 1 N–H and O–H groups in total. The minimum atomic E-state index is -0.607. The molecule has 19 heavy (non-hydrogen) atoms. The number of ether oxygens (including phenoxy) is 1. The molecule has 1 aromatic carbocycles.